The van der Waals surface area contributed by atoms with Crippen molar-refractivity contribution in [3.05, 3.63) is 23.2 Å². The molecule has 0 amide bonds. The number of pyridine rings is 1. The van der Waals surface area contributed by atoms with E-state index in [4.69, 9.17) is 16.0 Å². The first-order chi connectivity index (χ1) is 7.84. The fourth-order valence-corrected chi connectivity index (χ4v) is 2.52. The summed E-state index contributed by atoms with van der Waals surface area (Å²) >= 11 is 6.04. The topological polar surface area (TPSA) is 38.9 Å². The lowest BCUT2D eigenvalue weighted by molar-refractivity contribution is 0.373. The van der Waals surface area contributed by atoms with Crippen LogP contribution >= 0.6 is 11.6 Å². The van der Waals surface area contributed by atoms with Crippen molar-refractivity contribution in [2.75, 3.05) is 0 Å². The summed E-state index contributed by atoms with van der Waals surface area (Å²) < 4.78 is 5.73. The number of aromatic nitrogens is 2. The standard InChI is InChI=1S/C12H13ClN2O/c13-9-6-7-14-11-10(9)16-12(15-11)8-4-2-1-3-5-8/h6-8H,1-5H2. The highest BCUT2D eigenvalue weighted by molar-refractivity contribution is 6.34. The summed E-state index contributed by atoms with van der Waals surface area (Å²) in [5.41, 5.74) is 1.26. The Balaban J connectivity index is 2.01. The van der Waals surface area contributed by atoms with E-state index in [0.29, 0.717) is 22.2 Å². The van der Waals surface area contributed by atoms with Crippen LogP contribution in [0.4, 0.5) is 0 Å². The van der Waals surface area contributed by atoms with Gasteiger partial charge in [0.15, 0.2) is 17.1 Å². The van der Waals surface area contributed by atoms with Crippen LogP contribution in [0, 0.1) is 0 Å². The summed E-state index contributed by atoms with van der Waals surface area (Å²) in [6, 6.07) is 1.74. The largest absolute Gasteiger partial charge is 0.437 e. The van der Waals surface area contributed by atoms with E-state index in [1.165, 1.54) is 32.1 Å². The molecule has 0 atom stereocenters. The van der Waals surface area contributed by atoms with Gasteiger partial charge in [-0.2, -0.15) is 4.98 Å². The van der Waals surface area contributed by atoms with E-state index < -0.39 is 0 Å². The summed E-state index contributed by atoms with van der Waals surface area (Å²) in [6.07, 6.45) is 7.87. The first kappa shape index (κ1) is 10.1. The van der Waals surface area contributed by atoms with Crippen molar-refractivity contribution < 1.29 is 4.42 Å². The Morgan fingerprint density at radius 2 is 2.06 bits per heavy atom. The first-order valence-corrected chi connectivity index (χ1v) is 6.13. The molecule has 0 unspecified atom stereocenters. The Labute approximate surface area is 98.8 Å². The van der Waals surface area contributed by atoms with Crippen LogP contribution in [-0.4, -0.2) is 9.97 Å². The number of rotatable bonds is 1. The highest BCUT2D eigenvalue weighted by Crippen LogP contribution is 2.34. The fraction of sp³-hybridized carbons (Fsp3) is 0.500. The lowest BCUT2D eigenvalue weighted by Gasteiger charge is -2.17. The van der Waals surface area contributed by atoms with E-state index in [9.17, 15) is 0 Å². The number of hydrogen-bond donors (Lipinski definition) is 0. The highest BCUT2D eigenvalue weighted by atomic mass is 35.5. The van der Waals surface area contributed by atoms with Crippen LogP contribution in [0.2, 0.25) is 5.02 Å². The lowest BCUT2D eigenvalue weighted by atomic mass is 9.89. The normalized spacial score (nSPS) is 18.1. The molecule has 2 aromatic heterocycles. The van der Waals surface area contributed by atoms with Gasteiger partial charge in [-0.05, 0) is 18.9 Å². The number of hydrogen-bond acceptors (Lipinski definition) is 3. The van der Waals surface area contributed by atoms with Gasteiger partial charge in [0.2, 0.25) is 0 Å². The summed E-state index contributed by atoms with van der Waals surface area (Å²) in [5, 5.41) is 0.597. The molecular weight excluding hydrogens is 224 g/mol. The predicted molar refractivity (Wildman–Crippen MR) is 62.6 cm³/mol. The zero-order chi connectivity index (χ0) is 11.0. The maximum absolute atomic E-state index is 6.04. The van der Waals surface area contributed by atoms with E-state index in [0.717, 1.165) is 5.89 Å². The smallest absolute Gasteiger partial charge is 0.200 e. The van der Waals surface area contributed by atoms with Crippen LogP contribution in [0.15, 0.2) is 16.7 Å². The van der Waals surface area contributed by atoms with Crippen LogP contribution in [0.25, 0.3) is 11.2 Å². The fourth-order valence-electron chi connectivity index (χ4n) is 2.34. The number of halogens is 1. The van der Waals surface area contributed by atoms with Crippen molar-refractivity contribution in [1.82, 2.24) is 9.97 Å². The molecule has 16 heavy (non-hydrogen) atoms. The van der Waals surface area contributed by atoms with E-state index in [1.807, 2.05) is 0 Å². The van der Waals surface area contributed by atoms with Crippen molar-refractivity contribution in [2.24, 2.45) is 0 Å². The van der Waals surface area contributed by atoms with Crippen molar-refractivity contribution in [2.45, 2.75) is 38.0 Å². The minimum absolute atomic E-state index is 0.457. The Hall–Kier alpha value is -1.09. The second-order valence-electron chi connectivity index (χ2n) is 4.33. The Bertz CT molecular complexity index is 503. The zero-order valence-corrected chi connectivity index (χ0v) is 9.70. The Morgan fingerprint density at radius 3 is 2.81 bits per heavy atom. The average Bonchev–Trinajstić information content (AvgIpc) is 2.76. The minimum Gasteiger partial charge on any atom is -0.437 e. The molecule has 1 fully saturated rings. The number of oxazole rings is 1. The lowest BCUT2D eigenvalue weighted by Crippen LogP contribution is -2.04. The van der Waals surface area contributed by atoms with Gasteiger partial charge in [-0.1, -0.05) is 30.9 Å². The van der Waals surface area contributed by atoms with Gasteiger partial charge in [-0.3, -0.25) is 0 Å². The molecule has 1 aliphatic rings. The van der Waals surface area contributed by atoms with Gasteiger partial charge < -0.3 is 4.42 Å². The van der Waals surface area contributed by atoms with Gasteiger partial charge in [0.05, 0.1) is 5.02 Å². The van der Waals surface area contributed by atoms with Crippen LogP contribution in [0.1, 0.15) is 43.9 Å². The average molecular weight is 237 g/mol. The first-order valence-electron chi connectivity index (χ1n) is 5.75. The van der Waals surface area contributed by atoms with Gasteiger partial charge in [-0.25, -0.2) is 4.98 Å². The van der Waals surface area contributed by atoms with Crippen molar-refractivity contribution in [3.63, 3.8) is 0 Å². The maximum atomic E-state index is 6.04. The SMILES string of the molecule is Clc1ccnc2nc(C3CCCCC3)oc12. The van der Waals surface area contributed by atoms with Crippen molar-refractivity contribution in [1.29, 1.82) is 0 Å². The molecule has 0 saturated heterocycles. The molecule has 0 aromatic carbocycles. The van der Waals surface area contributed by atoms with Gasteiger partial charge in [0.1, 0.15) is 0 Å². The Morgan fingerprint density at radius 1 is 1.25 bits per heavy atom. The van der Waals surface area contributed by atoms with Gasteiger partial charge in [0.25, 0.3) is 0 Å². The molecule has 0 radical (unpaired) electrons. The zero-order valence-electron chi connectivity index (χ0n) is 8.95. The molecule has 1 aliphatic carbocycles. The predicted octanol–water partition coefficient (Wildman–Crippen LogP) is 3.92. The molecular formula is C12H13ClN2O. The van der Waals surface area contributed by atoms with E-state index in [1.54, 1.807) is 12.3 Å². The molecule has 0 N–H and O–H groups in total. The van der Waals surface area contributed by atoms with Crippen LogP contribution in [-0.2, 0) is 0 Å². The molecule has 2 heterocycles. The van der Waals surface area contributed by atoms with Crippen LogP contribution in [0.5, 0.6) is 0 Å². The summed E-state index contributed by atoms with van der Waals surface area (Å²) in [5.74, 6) is 1.27. The number of fused-ring (bicyclic) bond motifs is 1. The quantitative estimate of drug-likeness (QED) is 0.753. The molecule has 84 valence electrons. The molecule has 0 spiro atoms. The Kier molecular flexibility index (Phi) is 2.56. The molecule has 0 bridgehead atoms. The molecule has 3 nitrogen and oxygen atoms in total. The summed E-state index contributed by atoms with van der Waals surface area (Å²) in [6.45, 7) is 0. The van der Waals surface area contributed by atoms with Gasteiger partial charge in [-0.15, -0.1) is 0 Å². The third-order valence-electron chi connectivity index (χ3n) is 3.21. The van der Waals surface area contributed by atoms with E-state index in [2.05, 4.69) is 9.97 Å². The molecule has 1 saturated carbocycles. The van der Waals surface area contributed by atoms with Crippen molar-refractivity contribution >= 4 is 22.8 Å². The second kappa shape index (κ2) is 4.06. The van der Waals surface area contributed by atoms with Gasteiger partial charge in [0, 0.05) is 12.1 Å². The van der Waals surface area contributed by atoms with E-state index >= 15 is 0 Å². The highest BCUT2D eigenvalue weighted by Gasteiger charge is 2.21. The third kappa shape index (κ3) is 1.69. The molecule has 3 rings (SSSR count). The molecule has 2 aromatic rings. The monoisotopic (exact) mass is 236 g/mol. The van der Waals surface area contributed by atoms with Crippen molar-refractivity contribution in [3.8, 4) is 0 Å². The molecule has 4 heteroatoms. The van der Waals surface area contributed by atoms with Gasteiger partial charge >= 0.3 is 0 Å². The van der Waals surface area contributed by atoms with E-state index in [-0.39, 0.29) is 0 Å². The molecule has 0 aliphatic heterocycles. The van der Waals surface area contributed by atoms with Crippen LogP contribution in [0.3, 0.4) is 0 Å². The third-order valence-corrected chi connectivity index (χ3v) is 3.51. The maximum Gasteiger partial charge on any atom is 0.200 e. The summed E-state index contributed by atoms with van der Waals surface area (Å²) in [4.78, 5) is 8.60. The minimum atomic E-state index is 0.457. The summed E-state index contributed by atoms with van der Waals surface area (Å²) in [7, 11) is 0. The second-order valence-corrected chi connectivity index (χ2v) is 4.74. The van der Waals surface area contributed by atoms with Crippen LogP contribution < -0.4 is 0 Å². The number of nitrogens with zero attached hydrogens (tertiary/aromatic N) is 2.